The minimum Gasteiger partial charge on any atom is -0.324 e. The molecular formula is C11H26N+. The van der Waals surface area contributed by atoms with Crippen molar-refractivity contribution >= 4 is 0 Å². The van der Waals surface area contributed by atoms with Crippen LogP contribution in [-0.4, -0.2) is 30.7 Å². The van der Waals surface area contributed by atoms with Gasteiger partial charge in [0, 0.05) is 6.42 Å². The molecular weight excluding hydrogens is 146 g/mol. The molecule has 0 rings (SSSR count). The summed E-state index contributed by atoms with van der Waals surface area (Å²) >= 11 is 0. The lowest BCUT2D eigenvalue weighted by molar-refractivity contribution is -0.933. The van der Waals surface area contributed by atoms with E-state index in [1.807, 2.05) is 0 Å². The zero-order valence-electron chi connectivity index (χ0n) is 9.89. The van der Waals surface area contributed by atoms with E-state index >= 15 is 0 Å². The minimum absolute atomic E-state index is 0.721. The summed E-state index contributed by atoms with van der Waals surface area (Å²) in [6, 6.07) is 1.49. The molecule has 0 aliphatic heterocycles. The quantitative estimate of drug-likeness (QED) is 0.572. The maximum Gasteiger partial charge on any atom is 0.0862 e. The second kappa shape index (κ2) is 4.27. The lowest BCUT2D eigenvalue weighted by atomic mass is 10.0. The SMILES string of the molecule is CC(C)CC(C)[N+](C)(C)C(C)C. The van der Waals surface area contributed by atoms with E-state index in [9.17, 15) is 0 Å². The number of hydrogen-bond acceptors (Lipinski definition) is 0. The molecule has 0 heterocycles. The molecule has 74 valence electrons. The van der Waals surface area contributed by atoms with Gasteiger partial charge in [-0.3, -0.25) is 0 Å². The molecule has 0 amide bonds. The van der Waals surface area contributed by atoms with Gasteiger partial charge in [-0.1, -0.05) is 13.8 Å². The van der Waals surface area contributed by atoms with Crippen molar-refractivity contribution in [2.24, 2.45) is 5.92 Å². The van der Waals surface area contributed by atoms with Gasteiger partial charge in [-0.15, -0.1) is 0 Å². The number of rotatable bonds is 4. The minimum atomic E-state index is 0.721. The van der Waals surface area contributed by atoms with Crippen LogP contribution in [0.1, 0.15) is 41.0 Å². The van der Waals surface area contributed by atoms with Crippen molar-refractivity contribution in [3.63, 3.8) is 0 Å². The summed E-state index contributed by atoms with van der Waals surface area (Å²) in [5, 5.41) is 0. The highest BCUT2D eigenvalue weighted by Gasteiger charge is 2.27. The van der Waals surface area contributed by atoms with Crippen molar-refractivity contribution < 1.29 is 4.48 Å². The largest absolute Gasteiger partial charge is 0.324 e. The average Bonchev–Trinajstić information content (AvgIpc) is 1.85. The van der Waals surface area contributed by atoms with Crippen molar-refractivity contribution in [2.75, 3.05) is 14.1 Å². The Hall–Kier alpha value is -0.0400. The van der Waals surface area contributed by atoms with Crippen LogP contribution >= 0.6 is 0 Å². The summed E-state index contributed by atoms with van der Waals surface area (Å²) in [7, 11) is 4.66. The van der Waals surface area contributed by atoms with E-state index in [0.29, 0.717) is 0 Å². The molecule has 1 unspecified atom stereocenters. The van der Waals surface area contributed by atoms with Gasteiger partial charge in [-0.25, -0.2) is 0 Å². The van der Waals surface area contributed by atoms with E-state index in [2.05, 4.69) is 48.7 Å². The fourth-order valence-corrected chi connectivity index (χ4v) is 1.46. The fourth-order valence-electron chi connectivity index (χ4n) is 1.46. The van der Waals surface area contributed by atoms with Gasteiger partial charge >= 0.3 is 0 Å². The predicted molar refractivity (Wildman–Crippen MR) is 56.2 cm³/mol. The Morgan fingerprint density at radius 3 is 1.58 bits per heavy atom. The van der Waals surface area contributed by atoms with E-state index in [4.69, 9.17) is 0 Å². The van der Waals surface area contributed by atoms with Crippen molar-refractivity contribution in [2.45, 2.75) is 53.1 Å². The molecule has 0 aromatic heterocycles. The van der Waals surface area contributed by atoms with Crippen LogP contribution in [0.2, 0.25) is 0 Å². The summed E-state index contributed by atoms with van der Waals surface area (Å²) in [6.07, 6.45) is 1.32. The van der Waals surface area contributed by atoms with Crippen LogP contribution in [0.3, 0.4) is 0 Å². The van der Waals surface area contributed by atoms with Crippen molar-refractivity contribution in [3.05, 3.63) is 0 Å². The van der Waals surface area contributed by atoms with Gasteiger partial charge in [0.1, 0.15) is 0 Å². The third kappa shape index (κ3) is 3.14. The molecule has 0 spiro atoms. The Morgan fingerprint density at radius 1 is 0.917 bits per heavy atom. The van der Waals surface area contributed by atoms with Gasteiger partial charge in [0.15, 0.2) is 0 Å². The van der Waals surface area contributed by atoms with E-state index < -0.39 is 0 Å². The Bertz CT molecular complexity index is 125. The van der Waals surface area contributed by atoms with Gasteiger partial charge in [-0.05, 0) is 26.7 Å². The van der Waals surface area contributed by atoms with Crippen LogP contribution < -0.4 is 0 Å². The molecule has 0 saturated heterocycles. The normalized spacial score (nSPS) is 15.8. The summed E-state index contributed by atoms with van der Waals surface area (Å²) in [6.45, 7) is 11.6. The smallest absolute Gasteiger partial charge is 0.0862 e. The Kier molecular flexibility index (Phi) is 4.25. The molecule has 12 heavy (non-hydrogen) atoms. The van der Waals surface area contributed by atoms with E-state index in [-0.39, 0.29) is 0 Å². The standard InChI is InChI=1S/C11H26N/c1-9(2)8-11(5)12(6,7)10(3)4/h9-11H,8H2,1-7H3/q+1. The summed E-state index contributed by atoms with van der Waals surface area (Å²) in [4.78, 5) is 0. The fraction of sp³-hybridized carbons (Fsp3) is 1.00. The topological polar surface area (TPSA) is 0 Å². The van der Waals surface area contributed by atoms with E-state index in [0.717, 1.165) is 22.5 Å². The van der Waals surface area contributed by atoms with Crippen molar-refractivity contribution in [1.29, 1.82) is 0 Å². The number of hydrogen-bond donors (Lipinski definition) is 0. The summed E-state index contributed by atoms with van der Waals surface area (Å²) in [5.41, 5.74) is 0. The van der Waals surface area contributed by atoms with E-state index in [1.165, 1.54) is 6.42 Å². The molecule has 0 aromatic rings. The molecule has 0 bridgehead atoms. The van der Waals surface area contributed by atoms with E-state index in [1.54, 1.807) is 0 Å². The molecule has 1 nitrogen and oxygen atoms in total. The third-order valence-corrected chi connectivity index (χ3v) is 3.28. The zero-order chi connectivity index (χ0) is 9.94. The van der Waals surface area contributed by atoms with Crippen LogP contribution in [0.25, 0.3) is 0 Å². The molecule has 1 atom stereocenters. The van der Waals surface area contributed by atoms with Gasteiger partial charge in [0.25, 0.3) is 0 Å². The molecule has 0 N–H and O–H groups in total. The number of quaternary nitrogens is 1. The second-order valence-corrected chi connectivity index (χ2v) is 5.20. The van der Waals surface area contributed by atoms with Crippen molar-refractivity contribution in [3.8, 4) is 0 Å². The first-order chi connectivity index (χ1) is 5.28. The highest BCUT2D eigenvalue weighted by Crippen LogP contribution is 2.18. The molecule has 0 aliphatic rings. The van der Waals surface area contributed by atoms with Gasteiger partial charge in [-0.2, -0.15) is 0 Å². The van der Waals surface area contributed by atoms with Gasteiger partial charge in [0.05, 0.1) is 26.2 Å². The molecule has 0 aromatic carbocycles. The maximum absolute atomic E-state index is 2.36. The number of nitrogens with zero attached hydrogens (tertiary/aromatic N) is 1. The summed E-state index contributed by atoms with van der Waals surface area (Å²) in [5.74, 6) is 0.816. The zero-order valence-corrected chi connectivity index (χ0v) is 9.89. The molecule has 0 saturated carbocycles. The van der Waals surface area contributed by atoms with Gasteiger partial charge in [0.2, 0.25) is 0 Å². The van der Waals surface area contributed by atoms with Crippen LogP contribution in [0, 0.1) is 5.92 Å². The average molecular weight is 172 g/mol. The molecule has 0 fully saturated rings. The highest BCUT2D eigenvalue weighted by atomic mass is 15.3. The van der Waals surface area contributed by atoms with Crippen LogP contribution in [0.5, 0.6) is 0 Å². The van der Waals surface area contributed by atoms with Crippen LogP contribution in [0.4, 0.5) is 0 Å². The second-order valence-electron chi connectivity index (χ2n) is 5.20. The third-order valence-electron chi connectivity index (χ3n) is 3.28. The first-order valence-corrected chi connectivity index (χ1v) is 5.11. The predicted octanol–water partition coefficient (Wildman–Crippen LogP) is 2.91. The molecule has 1 heteroatoms. The van der Waals surface area contributed by atoms with Gasteiger partial charge < -0.3 is 4.48 Å². The Morgan fingerprint density at radius 2 is 1.33 bits per heavy atom. The maximum atomic E-state index is 2.36. The molecule has 0 radical (unpaired) electrons. The Balaban J connectivity index is 4.15. The highest BCUT2D eigenvalue weighted by molar-refractivity contribution is 4.56. The first kappa shape index (κ1) is 12.0. The lowest BCUT2D eigenvalue weighted by Crippen LogP contribution is -2.52. The van der Waals surface area contributed by atoms with Crippen LogP contribution in [-0.2, 0) is 0 Å². The van der Waals surface area contributed by atoms with Crippen LogP contribution in [0.15, 0.2) is 0 Å². The van der Waals surface area contributed by atoms with Crippen molar-refractivity contribution in [1.82, 2.24) is 0 Å². The lowest BCUT2D eigenvalue weighted by Gasteiger charge is -2.40. The summed E-state index contributed by atoms with van der Waals surface area (Å²) < 4.78 is 1.14. The molecule has 0 aliphatic carbocycles. The first-order valence-electron chi connectivity index (χ1n) is 5.11. The monoisotopic (exact) mass is 172 g/mol. The Labute approximate surface area is 78.4 Å².